The third kappa shape index (κ3) is 3.27. The molecule has 130 valence electrons. The molecule has 24 heavy (non-hydrogen) atoms. The lowest BCUT2D eigenvalue weighted by Crippen LogP contribution is -2.36. The van der Waals surface area contributed by atoms with E-state index in [1.165, 1.54) is 13.2 Å². The first-order valence-corrected chi connectivity index (χ1v) is 8.07. The van der Waals surface area contributed by atoms with E-state index in [-0.39, 0.29) is 23.3 Å². The highest BCUT2D eigenvalue weighted by atomic mass is 19.1. The van der Waals surface area contributed by atoms with E-state index in [1.807, 2.05) is 9.80 Å². The van der Waals surface area contributed by atoms with Crippen LogP contribution in [0, 0.1) is 21.8 Å². The van der Waals surface area contributed by atoms with Gasteiger partial charge < -0.3 is 14.5 Å². The van der Waals surface area contributed by atoms with Crippen LogP contribution in [0.2, 0.25) is 0 Å². The van der Waals surface area contributed by atoms with Crippen LogP contribution in [0.15, 0.2) is 12.1 Å². The highest BCUT2D eigenvalue weighted by Crippen LogP contribution is 2.35. The summed E-state index contributed by atoms with van der Waals surface area (Å²) in [7, 11) is 1.33. The third-order valence-electron chi connectivity index (χ3n) is 4.52. The summed E-state index contributed by atoms with van der Waals surface area (Å²) >= 11 is 0. The zero-order valence-corrected chi connectivity index (χ0v) is 13.5. The molecule has 0 bridgehead atoms. The first-order chi connectivity index (χ1) is 11.5. The molecule has 0 aromatic heterocycles. The van der Waals surface area contributed by atoms with Crippen LogP contribution in [-0.2, 0) is 4.79 Å². The molecule has 2 aliphatic rings. The van der Waals surface area contributed by atoms with E-state index in [4.69, 9.17) is 4.74 Å². The monoisotopic (exact) mass is 337 g/mol. The molecular formula is C16H20FN3O4. The Balaban J connectivity index is 1.82. The molecule has 0 atom stereocenters. The number of carbonyl (C=O) groups excluding carboxylic acids is 1. The molecule has 7 nitrogen and oxygen atoms in total. The maximum absolute atomic E-state index is 13.8. The highest BCUT2D eigenvalue weighted by molar-refractivity contribution is 5.81. The van der Waals surface area contributed by atoms with Gasteiger partial charge in [0.2, 0.25) is 5.91 Å². The molecule has 1 aliphatic carbocycles. The number of nitro groups is 1. The van der Waals surface area contributed by atoms with E-state index in [0.29, 0.717) is 31.9 Å². The molecular weight excluding hydrogens is 317 g/mol. The van der Waals surface area contributed by atoms with Gasteiger partial charge in [-0.3, -0.25) is 14.9 Å². The van der Waals surface area contributed by atoms with E-state index in [0.717, 1.165) is 25.3 Å². The van der Waals surface area contributed by atoms with Crippen LogP contribution in [0.3, 0.4) is 0 Å². The van der Waals surface area contributed by atoms with Gasteiger partial charge in [-0.25, -0.2) is 4.39 Å². The Labute approximate surface area is 139 Å². The summed E-state index contributed by atoms with van der Waals surface area (Å²) in [5.41, 5.74) is 0.0502. The standard InChI is InChI=1S/C16H20FN3O4/c1-24-15-10-13(14(20(22)23)9-12(15)17)18-5-2-6-19(8-7-18)16(21)11-3-4-11/h9-11H,2-8H2,1H3. The van der Waals surface area contributed by atoms with Crippen LogP contribution < -0.4 is 9.64 Å². The number of hydrogen-bond acceptors (Lipinski definition) is 5. The molecule has 2 fully saturated rings. The molecule has 1 saturated carbocycles. The summed E-state index contributed by atoms with van der Waals surface area (Å²) in [6, 6.07) is 2.26. The minimum absolute atomic E-state index is 0.0224. The van der Waals surface area contributed by atoms with Crippen molar-refractivity contribution in [2.45, 2.75) is 19.3 Å². The summed E-state index contributed by atoms with van der Waals surface area (Å²) < 4.78 is 18.8. The Hall–Kier alpha value is -2.38. The Kier molecular flexibility index (Phi) is 4.55. The lowest BCUT2D eigenvalue weighted by atomic mass is 10.2. The molecule has 1 heterocycles. The SMILES string of the molecule is COc1cc(N2CCCN(C(=O)C3CC3)CC2)c([N+](=O)[O-])cc1F. The van der Waals surface area contributed by atoms with E-state index in [9.17, 15) is 19.3 Å². The number of carbonyl (C=O) groups is 1. The van der Waals surface area contributed by atoms with Crippen LogP contribution in [0.25, 0.3) is 0 Å². The Bertz CT molecular complexity index is 663. The number of halogens is 1. The van der Waals surface area contributed by atoms with Crippen LogP contribution in [0.4, 0.5) is 15.8 Å². The van der Waals surface area contributed by atoms with Gasteiger partial charge >= 0.3 is 0 Å². The second-order valence-corrected chi connectivity index (χ2v) is 6.17. The van der Waals surface area contributed by atoms with E-state index in [1.54, 1.807) is 0 Å². The summed E-state index contributed by atoms with van der Waals surface area (Å²) in [5.74, 6) is -0.432. The number of rotatable bonds is 4. The molecule has 0 radical (unpaired) electrons. The van der Waals surface area contributed by atoms with Gasteiger partial charge in [-0.2, -0.15) is 0 Å². The van der Waals surface area contributed by atoms with Gasteiger partial charge in [0, 0.05) is 38.2 Å². The second kappa shape index (κ2) is 6.62. The zero-order chi connectivity index (χ0) is 17.3. The van der Waals surface area contributed by atoms with Gasteiger partial charge in [0.15, 0.2) is 11.6 Å². The first kappa shape index (κ1) is 16.5. The Morgan fingerprint density at radius 3 is 2.67 bits per heavy atom. The van der Waals surface area contributed by atoms with Crippen LogP contribution in [-0.4, -0.2) is 49.0 Å². The lowest BCUT2D eigenvalue weighted by Gasteiger charge is -2.24. The third-order valence-corrected chi connectivity index (χ3v) is 4.52. The lowest BCUT2D eigenvalue weighted by molar-refractivity contribution is -0.384. The number of nitro benzene ring substituents is 1. The first-order valence-electron chi connectivity index (χ1n) is 8.07. The van der Waals surface area contributed by atoms with Crippen molar-refractivity contribution >= 4 is 17.3 Å². The van der Waals surface area contributed by atoms with Gasteiger partial charge in [0.1, 0.15) is 5.69 Å². The highest BCUT2D eigenvalue weighted by Gasteiger charge is 2.34. The zero-order valence-electron chi connectivity index (χ0n) is 13.5. The number of methoxy groups -OCH3 is 1. The van der Waals surface area contributed by atoms with Crippen molar-refractivity contribution < 1.29 is 18.8 Å². The predicted octanol–water partition coefficient (Wildman–Crippen LogP) is 2.19. The number of benzene rings is 1. The molecule has 0 unspecified atom stereocenters. The fourth-order valence-electron chi connectivity index (χ4n) is 3.06. The van der Waals surface area contributed by atoms with Crippen molar-refractivity contribution in [2.75, 3.05) is 38.2 Å². The summed E-state index contributed by atoms with van der Waals surface area (Å²) in [5, 5.41) is 11.3. The number of anilines is 1. The number of amides is 1. The van der Waals surface area contributed by atoms with Gasteiger partial charge in [0.25, 0.3) is 5.69 Å². The second-order valence-electron chi connectivity index (χ2n) is 6.17. The average Bonchev–Trinajstić information content (AvgIpc) is 3.40. The summed E-state index contributed by atoms with van der Waals surface area (Å²) in [6.07, 6.45) is 2.63. The maximum Gasteiger partial charge on any atom is 0.295 e. The molecule has 1 saturated heterocycles. The largest absolute Gasteiger partial charge is 0.494 e. The van der Waals surface area contributed by atoms with Crippen molar-refractivity contribution in [1.29, 1.82) is 0 Å². The quantitative estimate of drug-likeness (QED) is 0.622. The number of ether oxygens (including phenoxy) is 1. The minimum atomic E-state index is -0.756. The number of hydrogen-bond donors (Lipinski definition) is 0. The van der Waals surface area contributed by atoms with Crippen molar-refractivity contribution in [1.82, 2.24) is 4.90 Å². The Morgan fingerprint density at radius 2 is 2.04 bits per heavy atom. The Morgan fingerprint density at radius 1 is 1.29 bits per heavy atom. The average molecular weight is 337 g/mol. The summed E-state index contributed by atoms with van der Waals surface area (Å²) in [6.45, 7) is 2.22. The predicted molar refractivity (Wildman–Crippen MR) is 85.7 cm³/mol. The molecule has 1 aromatic carbocycles. The fourth-order valence-corrected chi connectivity index (χ4v) is 3.06. The van der Waals surface area contributed by atoms with Crippen molar-refractivity contribution in [3.05, 3.63) is 28.1 Å². The van der Waals surface area contributed by atoms with Crippen molar-refractivity contribution in [3.63, 3.8) is 0 Å². The number of nitrogens with zero attached hydrogens (tertiary/aromatic N) is 3. The van der Waals surface area contributed by atoms with E-state index < -0.39 is 10.7 Å². The van der Waals surface area contributed by atoms with Crippen LogP contribution >= 0.6 is 0 Å². The topological polar surface area (TPSA) is 75.9 Å². The minimum Gasteiger partial charge on any atom is -0.494 e. The van der Waals surface area contributed by atoms with Gasteiger partial charge in [-0.1, -0.05) is 0 Å². The molecule has 1 aromatic rings. The summed E-state index contributed by atoms with van der Waals surface area (Å²) in [4.78, 5) is 26.6. The van der Waals surface area contributed by atoms with Crippen molar-refractivity contribution in [3.8, 4) is 5.75 Å². The molecule has 8 heteroatoms. The van der Waals surface area contributed by atoms with E-state index >= 15 is 0 Å². The molecule has 1 amide bonds. The van der Waals surface area contributed by atoms with Crippen molar-refractivity contribution in [2.24, 2.45) is 5.92 Å². The molecule has 0 N–H and O–H groups in total. The van der Waals surface area contributed by atoms with Crippen LogP contribution in [0.5, 0.6) is 5.75 Å². The van der Waals surface area contributed by atoms with E-state index in [2.05, 4.69) is 0 Å². The smallest absolute Gasteiger partial charge is 0.295 e. The van der Waals surface area contributed by atoms with Gasteiger partial charge in [0.05, 0.1) is 18.1 Å². The van der Waals surface area contributed by atoms with Gasteiger partial charge in [-0.15, -0.1) is 0 Å². The maximum atomic E-state index is 13.8. The molecule has 3 rings (SSSR count). The molecule has 1 aliphatic heterocycles. The normalized spacial score (nSPS) is 18.2. The van der Waals surface area contributed by atoms with Gasteiger partial charge in [-0.05, 0) is 19.3 Å². The fraction of sp³-hybridized carbons (Fsp3) is 0.562. The van der Waals surface area contributed by atoms with Crippen LogP contribution in [0.1, 0.15) is 19.3 Å². The molecule has 0 spiro atoms.